The minimum Gasteiger partial charge on any atom is -0.461 e. The van der Waals surface area contributed by atoms with Crippen molar-refractivity contribution >= 4 is 17.8 Å². The summed E-state index contributed by atoms with van der Waals surface area (Å²) in [4.78, 5) is 34.0. The van der Waals surface area contributed by atoms with Gasteiger partial charge in [0.25, 0.3) is 0 Å². The van der Waals surface area contributed by atoms with Crippen LogP contribution in [0.1, 0.15) is 18.9 Å². The number of ether oxygens (including phenoxy) is 1. The molecule has 1 aromatic carbocycles. The first kappa shape index (κ1) is 16.6. The first-order valence-corrected chi connectivity index (χ1v) is 6.45. The second-order valence-electron chi connectivity index (χ2n) is 4.59. The van der Waals surface area contributed by atoms with Crippen LogP contribution in [0.15, 0.2) is 30.3 Å². The molecule has 2 atom stereocenters. The first-order valence-electron chi connectivity index (χ1n) is 6.45. The summed E-state index contributed by atoms with van der Waals surface area (Å²) in [6.45, 7) is 1.55. The fraction of sp³-hybridized carbons (Fsp3) is 0.357. The molecule has 0 bridgehead atoms. The van der Waals surface area contributed by atoms with Gasteiger partial charge in [-0.05, 0) is 12.5 Å². The number of nitrogens with one attached hydrogen (secondary N) is 1. The zero-order valence-corrected chi connectivity index (χ0v) is 11.7. The van der Waals surface area contributed by atoms with E-state index < -0.39 is 29.9 Å². The average Bonchev–Trinajstić information content (AvgIpc) is 2.45. The fourth-order valence-corrected chi connectivity index (χ4v) is 1.46. The van der Waals surface area contributed by atoms with Gasteiger partial charge >= 0.3 is 5.97 Å². The minimum absolute atomic E-state index is 0.117. The van der Waals surface area contributed by atoms with E-state index >= 15 is 0 Å². The molecule has 0 heterocycles. The number of amides is 2. The lowest BCUT2D eigenvalue weighted by Crippen LogP contribution is -2.49. The van der Waals surface area contributed by atoms with Crippen LogP contribution in [0.4, 0.5) is 0 Å². The Morgan fingerprint density at radius 3 is 2.43 bits per heavy atom. The van der Waals surface area contributed by atoms with Crippen molar-refractivity contribution in [3.05, 3.63) is 35.9 Å². The molecule has 2 amide bonds. The molecule has 0 saturated carbocycles. The third kappa shape index (κ3) is 6.05. The van der Waals surface area contributed by atoms with E-state index in [9.17, 15) is 14.4 Å². The topological polar surface area (TPSA) is 125 Å². The van der Waals surface area contributed by atoms with E-state index in [-0.39, 0.29) is 13.0 Å². The van der Waals surface area contributed by atoms with Gasteiger partial charge in [-0.2, -0.15) is 0 Å². The highest BCUT2D eigenvalue weighted by molar-refractivity contribution is 5.90. The number of carbonyl (C=O) groups is 3. The van der Waals surface area contributed by atoms with Crippen LogP contribution >= 0.6 is 0 Å². The summed E-state index contributed by atoms with van der Waals surface area (Å²) in [6.07, 6.45) is -0.274. The molecular weight excluding hydrogens is 274 g/mol. The Kier molecular flexibility index (Phi) is 6.35. The normalized spacial score (nSPS) is 13.0. The van der Waals surface area contributed by atoms with Gasteiger partial charge in [-0.1, -0.05) is 30.3 Å². The predicted molar refractivity (Wildman–Crippen MR) is 75.6 cm³/mol. The van der Waals surface area contributed by atoms with E-state index in [1.54, 1.807) is 0 Å². The van der Waals surface area contributed by atoms with E-state index in [1.165, 1.54) is 6.92 Å². The molecule has 7 nitrogen and oxygen atoms in total. The van der Waals surface area contributed by atoms with Crippen LogP contribution in [0.5, 0.6) is 0 Å². The molecule has 0 aliphatic heterocycles. The molecule has 5 N–H and O–H groups in total. The Bertz CT molecular complexity index is 504. The van der Waals surface area contributed by atoms with Gasteiger partial charge in [0.1, 0.15) is 12.6 Å². The van der Waals surface area contributed by atoms with Gasteiger partial charge in [0.05, 0.1) is 12.5 Å². The number of esters is 1. The smallest absolute Gasteiger partial charge is 0.308 e. The van der Waals surface area contributed by atoms with E-state index in [0.717, 1.165) is 5.56 Å². The molecule has 0 radical (unpaired) electrons. The Balaban J connectivity index is 2.36. The SMILES string of the molecule is CC(NC(=O)C(N)CC(=O)OCc1ccccc1)C(N)=O. The summed E-state index contributed by atoms with van der Waals surface area (Å²) in [5.74, 6) is -1.90. The van der Waals surface area contributed by atoms with E-state index in [4.69, 9.17) is 16.2 Å². The van der Waals surface area contributed by atoms with Crippen LogP contribution in [0.25, 0.3) is 0 Å². The molecule has 0 spiro atoms. The highest BCUT2D eigenvalue weighted by Gasteiger charge is 2.21. The number of carbonyl (C=O) groups excluding carboxylic acids is 3. The molecule has 0 saturated heterocycles. The lowest BCUT2D eigenvalue weighted by Gasteiger charge is -2.14. The molecule has 21 heavy (non-hydrogen) atoms. The summed E-state index contributed by atoms with van der Waals surface area (Å²) >= 11 is 0. The van der Waals surface area contributed by atoms with E-state index in [0.29, 0.717) is 0 Å². The third-order valence-electron chi connectivity index (χ3n) is 2.75. The van der Waals surface area contributed by atoms with Gasteiger partial charge in [-0.3, -0.25) is 14.4 Å². The molecule has 0 aliphatic carbocycles. The molecular formula is C14H19N3O4. The Hall–Kier alpha value is -2.41. The molecule has 0 aliphatic rings. The van der Waals surface area contributed by atoms with Crippen molar-refractivity contribution in [2.45, 2.75) is 32.0 Å². The van der Waals surface area contributed by atoms with Crippen LogP contribution in [0.3, 0.4) is 0 Å². The molecule has 0 aromatic heterocycles. The zero-order chi connectivity index (χ0) is 15.8. The molecule has 114 valence electrons. The summed E-state index contributed by atoms with van der Waals surface area (Å²) in [5.41, 5.74) is 11.4. The van der Waals surface area contributed by atoms with Crippen LogP contribution < -0.4 is 16.8 Å². The molecule has 1 rings (SSSR count). The fourth-order valence-electron chi connectivity index (χ4n) is 1.46. The monoisotopic (exact) mass is 293 g/mol. The third-order valence-corrected chi connectivity index (χ3v) is 2.75. The second-order valence-corrected chi connectivity index (χ2v) is 4.59. The average molecular weight is 293 g/mol. The van der Waals surface area contributed by atoms with Crippen molar-refractivity contribution in [2.24, 2.45) is 11.5 Å². The number of nitrogens with two attached hydrogens (primary N) is 2. The van der Waals surface area contributed by atoms with Gasteiger partial charge in [-0.15, -0.1) is 0 Å². The summed E-state index contributed by atoms with van der Waals surface area (Å²) in [6, 6.07) is 7.20. The summed E-state index contributed by atoms with van der Waals surface area (Å²) in [7, 11) is 0. The number of hydrogen-bond donors (Lipinski definition) is 3. The summed E-state index contributed by atoms with van der Waals surface area (Å²) < 4.78 is 5.01. The Morgan fingerprint density at radius 1 is 1.24 bits per heavy atom. The highest BCUT2D eigenvalue weighted by Crippen LogP contribution is 2.02. The predicted octanol–water partition coefficient (Wildman–Crippen LogP) is -0.563. The van der Waals surface area contributed by atoms with Gasteiger partial charge in [-0.25, -0.2) is 0 Å². The number of primary amides is 1. The maximum atomic E-state index is 11.6. The van der Waals surface area contributed by atoms with Crippen molar-refractivity contribution in [1.29, 1.82) is 0 Å². The number of hydrogen-bond acceptors (Lipinski definition) is 5. The molecule has 2 unspecified atom stereocenters. The van der Waals surface area contributed by atoms with Crippen LogP contribution in [0.2, 0.25) is 0 Å². The van der Waals surface area contributed by atoms with Crippen molar-refractivity contribution < 1.29 is 19.1 Å². The number of benzene rings is 1. The van der Waals surface area contributed by atoms with Crippen LogP contribution in [0, 0.1) is 0 Å². The van der Waals surface area contributed by atoms with Crippen LogP contribution in [-0.2, 0) is 25.7 Å². The Labute approximate surface area is 122 Å². The minimum atomic E-state index is -1.09. The van der Waals surface area contributed by atoms with E-state index in [2.05, 4.69) is 5.32 Å². The maximum Gasteiger partial charge on any atom is 0.308 e. The lowest BCUT2D eigenvalue weighted by atomic mass is 10.2. The number of rotatable bonds is 7. The van der Waals surface area contributed by atoms with Crippen molar-refractivity contribution in [2.75, 3.05) is 0 Å². The molecule has 7 heteroatoms. The van der Waals surface area contributed by atoms with Gasteiger partial charge in [0.15, 0.2) is 0 Å². The van der Waals surface area contributed by atoms with Crippen molar-refractivity contribution in [1.82, 2.24) is 5.32 Å². The standard InChI is InChI=1S/C14H19N3O4/c1-9(13(16)19)17-14(20)11(15)7-12(18)21-8-10-5-3-2-4-6-10/h2-6,9,11H,7-8,15H2,1H3,(H2,16,19)(H,17,20). The molecule has 1 aromatic rings. The highest BCUT2D eigenvalue weighted by atomic mass is 16.5. The zero-order valence-electron chi connectivity index (χ0n) is 11.7. The largest absolute Gasteiger partial charge is 0.461 e. The Morgan fingerprint density at radius 2 is 1.86 bits per heavy atom. The maximum absolute atomic E-state index is 11.6. The second kappa shape index (κ2) is 8.01. The molecule has 0 fully saturated rings. The van der Waals surface area contributed by atoms with Gasteiger partial charge < -0.3 is 21.5 Å². The van der Waals surface area contributed by atoms with Gasteiger partial charge in [0, 0.05) is 0 Å². The summed E-state index contributed by atoms with van der Waals surface area (Å²) in [5, 5.41) is 2.31. The van der Waals surface area contributed by atoms with Crippen molar-refractivity contribution in [3.8, 4) is 0 Å². The van der Waals surface area contributed by atoms with Crippen molar-refractivity contribution in [3.63, 3.8) is 0 Å². The van der Waals surface area contributed by atoms with E-state index in [1.807, 2.05) is 30.3 Å². The van der Waals surface area contributed by atoms with Gasteiger partial charge in [0.2, 0.25) is 11.8 Å². The quantitative estimate of drug-likeness (QED) is 0.581. The lowest BCUT2D eigenvalue weighted by molar-refractivity contribution is -0.146. The van der Waals surface area contributed by atoms with Crippen LogP contribution in [-0.4, -0.2) is 29.9 Å². The first-order chi connectivity index (χ1) is 9.90.